The number of aliphatic hydroxyl groups is 1. The molecule has 1 saturated carbocycles. The lowest BCUT2D eigenvalue weighted by Crippen LogP contribution is -2.55. The predicted octanol–water partition coefficient (Wildman–Crippen LogP) is 3.84. The Morgan fingerprint density at radius 3 is 2.38 bits per heavy atom. The Hall–Kier alpha value is -3.44. The number of nitrogens with one attached hydrogen (secondary N) is 2. The van der Waals surface area contributed by atoms with Gasteiger partial charge in [0.05, 0.1) is 17.0 Å². The number of alkyl carbamates (subject to hydrolysis) is 1. The number of fused-ring (bicyclic) bond motifs is 1. The summed E-state index contributed by atoms with van der Waals surface area (Å²) in [4.78, 5) is 30.5. The van der Waals surface area contributed by atoms with Crippen molar-refractivity contribution >= 4 is 32.9 Å². The fraction of sp³-hybridized carbons (Fsp3) is 0.483. The maximum absolute atomic E-state index is 13.6. The minimum atomic E-state index is -3.66. The second kappa shape index (κ2) is 12.4. The third kappa shape index (κ3) is 7.82. The quantitative estimate of drug-likeness (QED) is 0.314. The van der Waals surface area contributed by atoms with Crippen molar-refractivity contribution < 1.29 is 32.3 Å². The lowest BCUT2D eigenvalue weighted by molar-refractivity contribution is -0.124. The van der Waals surface area contributed by atoms with Gasteiger partial charge < -0.3 is 24.9 Å². The molecule has 1 aliphatic carbocycles. The number of hydrogen-bond donors (Lipinski definition) is 3. The largest absolute Gasteiger partial charge is 0.444 e. The van der Waals surface area contributed by atoms with Gasteiger partial charge in [0.15, 0.2) is 21.5 Å². The second-order valence-electron chi connectivity index (χ2n) is 11.2. The molecule has 0 aliphatic heterocycles. The van der Waals surface area contributed by atoms with Gasteiger partial charge in [-0.2, -0.15) is 0 Å². The molecular weight excluding hydrogens is 534 g/mol. The summed E-state index contributed by atoms with van der Waals surface area (Å²) >= 11 is 0. The van der Waals surface area contributed by atoms with Crippen LogP contribution in [0, 0.1) is 0 Å². The summed E-state index contributed by atoms with van der Waals surface area (Å²) in [5.74, 6) is -1.30. The van der Waals surface area contributed by atoms with Gasteiger partial charge in [0.2, 0.25) is 11.8 Å². The molecule has 3 N–H and O–H groups in total. The monoisotopic (exact) mass is 571 g/mol. The Labute approximate surface area is 234 Å². The van der Waals surface area contributed by atoms with E-state index in [9.17, 15) is 23.1 Å². The topological polar surface area (TPSA) is 148 Å². The van der Waals surface area contributed by atoms with Crippen molar-refractivity contribution in [2.75, 3.05) is 5.75 Å². The van der Waals surface area contributed by atoms with Crippen LogP contribution in [0.3, 0.4) is 0 Å². The highest BCUT2D eigenvalue weighted by Crippen LogP contribution is 2.28. The number of amides is 2. The van der Waals surface area contributed by atoms with E-state index in [1.807, 2.05) is 30.3 Å². The van der Waals surface area contributed by atoms with E-state index in [2.05, 4.69) is 15.6 Å². The smallest absolute Gasteiger partial charge is 0.408 e. The number of para-hydroxylation sites is 2. The van der Waals surface area contributed by atoms with E-state index in [-0.39, 0.29) is 5.89 Å². The standard InChI is InChI=1S/C29H37N3O7S/c1-29(2,3)39-28(35)32-23(18-40(36,37)20-12-9-13-20)26(34)30-22(17-16-19-10-5-4-6-11-19)25(33)27-31-21-14-7-8-15-24(21)38-27/h4-8,10-11,14-15,20,22-23,25,33H,9,12-13,16-18H2,1-3H3,(H,30,34)(H,32,35)/t22-,23-,25?/m0/s1. The lowest BCUT2D eigenvalue weighted by Gasteiger charge is -2.29. The summed E-state index contributed by atoms with van der Waals surface area (Å²) in [5, 5.41) is 16.0. The normalized spacial score (nSPS) is 16.5. The number of benzene rings is 2. The molecule has 11 heteroatoms. The Kier molecular flexibility index (Phi) is 9.15. The number of sulfone groups is 1. The van der Waals surface area contributed by atoms with E-state index in [0.29, 0.717) is 36.8 Å². The molecule has 1 heterocycles. The second-order valence-corrected chi connectivity index (χ2v) is 13.5. The summed E-state index contributed by atoms with van der Waals surface area (Å²) in [6.07, 6.45) is 0.427. The van der Waals surface area contributed by atoms with Gasteiger partial charge in [0.25, 0.3) is 0 Å². The highest BCUT2D eigenvalue weighted by Gasteiger charge is 2.38. The van der Waals surface area contributed by atoms with Gasteiger partial charge in [0, 0.05) is 0 Å². The van der Waals surface area contributed by atoms with Gasteiger partial charge in [-0.1, -0.05) is 48.9 Å². The van der Waals surface area contributed by atoms with Crippen LogP contribution in [0.2, 0.25) is 0 Å². The molecule has 40 heavy (non-hydrogen) atoms. The number of carbonyl (C=O) groups is 2. The van der Waals surface area contributed by atoms with Crippen molar-refractivity contribution in [1.29, 1.82) is 0 Å². The zero-order valence-corrected chi connectivity index (χ0v) is 23.8. The van der Waals surface area contributed by atoms with Gasteiger partial charge >= 0.3 is 6.09 Å². The summed E-state index contributed by atoms with van der Waals surface area (Å²) in [6.45, 7) is 5.01. The third-order valence-electron chi connectivity index (χ3n) is 6.83. The van der Waals surface area contributed by atoms with Crippen LogP contribution >= 0.6 is 0 Å². The molecule has 1 unspecified atom stereocenters. The van der Waals surface area contributed by atoms with Crippen LogP contribution in [0.15, 0.2) is 59.0 Å². The van der Waals surface area contributed by atoms with Gasteiger partial charge in [-0.3, -0.25) is 4.79 Å². The number of rotatable bonds is 11. The van der Waals surface area contributed by atoms with Crippen LogP contribution in [-0.4, -0.2) is 59.2 Å². The molecular formula is C29H37N3O7S. The van der Waals surface area contributed by atoms with Gasteiger partial charge in [0.1, 0.15) is 17.2 Å². The summed E-state index contributed by atoms with van der Waals surface area (Å²) < 4.78 is 37.1. The highest BCUT2D eigenvalue weighted by atomic mass is 32.2. The van der Waals surface area contributed by atoms with Crippen LogP contribution in [0.5, 0.6) is 0 Å². The molecule has 216 valence electrons. The number of ether oxygens (including phenoxy) is 1. The molecule has 1 aliphatic rings. The van der Waals surface area contributed by atoms with E-state index in [1.165, 1.54) is 0 Å². The summed E-state index contributed by atoms with van der Waals surface area (Å²) in [7, 11) is -3.66. The first-order chi connectivity index (χ1) is 18.9. The molecule has 10 nitrogen and oxygen atoms in total. The molecule has 0 radical (unpaired) electrons. The SMILES string of the molecule is CC(C)(C)OC(=O)N[C@@H](CS(=O)(=O)C1CCC1)C(=O)N[C@@H](CCc1ccccc1)C(O)c1nc2ccccc2o1. The van der Waals surface area contributed by atoms with E-state index in [1.54, 1.807) is 45.0 Å². The maximum atomic E-state index is 13.6. The van der Waals surface area contributed by atoms with Crippen LogP contribution in [0.4, 0.5) is 4.79 Å². The molecule has 4 rings (SSSR count). The van der Waals surface area contributed by atoms with Crippen molar-refractivity contribution in [3.8, 4) is 0 Å². The van der Waals surface area contributed by atoms with E-state index < -0.39 is 56.6 Å². The average molecular weight is 572 g/mol. The highest BCUT2D eigenvalue weighted by molar-refractivity contribution is 7.92. The first-order valence-corrected chi connectivity index (χ1v) is 15.2. The van der Waals surface area contributed by atoms with Crippen molar-refractivity contribution in [3.05, 3.63) is 66.1 Å². The first-order valence-electron chi connectivity index (χ1n) is 13.5. The Morgan fingerprint density at radius 1 is 1.07 bits per heavy atom. The number of hydrogen-bond acceptors (Lipinski definition) is 8. The Bertz CT molecular complexity index is 1380. The number of carbonyl (C=O) groups excluding carboxylic acids is 2. The number of nitrogens with zero attached hydrogens (tertiary/aromatic N) is 1. The molecule has 1 fully saturated rings. The Morgan fingerprint density at radius 2 is 1.75 bits per heavy atom. The average Bonchev–Trinajstić information content (AvgIpc) is 3.28. The lowest BCUT2D eigenvalue weighted by atomic mass is 10.00. The van der Waals surface area contributed by atoms with Crippen molar-refractivity contribution in [1.82, 2.24) is 15.6 Å². The van der Waals surface area contributed by atoms with Crippen LogP contribution in [-0.2, 0) is 25.8 Å². The molecule has 0 saturated heterocycles. The van der Waals surface area contributed by atoms with Crippen LogP contribution in [0.25, 0.3) is 11.1 Å². The number of aryl methyl sites for hydroxylation is 1. The molecule has 0 spiro atoms. The third-order valence-corrected chi connectivity index (χ3v) is 9.11. The fourth-order valence-corrected chi connectivity index (χ4v) is 6.50. The van der Waals surface area contributed by atoms with Crippen LogP contribution in [0.1, 0.15) is 64.0 Å². The fourth-order valence-electron chi connectivity index (χ4n) is 4.48. The van der Waals surface area contributed by atoms with E-state index >= 15 is 0 Å². The maximum Gasteiger partial charge on any atom is 0.408 e. The molecule has 2 amide bonds. The predicted molar refractivity (Wildman–Crippen MR) is 150 cm³/mol. The number of aromatic nitrogens is 1. The molecule has 0 bridgehead atoms. The van der Waals surface area contributed by atoms with Crippen molar-refractivity contribution in [2.45, 2.75) is 81.9 Å². The van der Waals surface area contributed by atoms with Crippen molar-refractivity contribution in [2.24, 2.45) is 0 Å². The van der Waals surface area contributed by atoms with Gasteiger partial charge in [-0.25, -0.2) is 18.2 Å². The summed E-state index contributed by atoms with van der Waals surface area (Å²) in [5.41, 5.74) is 1.18. The molecule has 2 aromatic carbocycles. The number of aliphatic hydroxyl groups excluding tert-OH is 1. The van der Waals surface area contributed by atoms with Crippen LogP contribution < -0.4 is 10.6 Å². The van der Waals surface area contributed by atoms with Crippen molar-refractivity contribution in [3.63, 3.8) is 0 Å². The zero-order valence-electron chi connectivity index (χ0n) is 23.0. The summed E-state index contributed by atoms with van der Waals surface area (Å²) in [6, 6.07) is 14.3. The van der Waals surface area contributed by atoms with Gasteiger partial charge in [-0.05, 0) is 64.2 Å². The van der Waals surface area contributed by atoms with E-state index in [0.717, 1.165) is 12.0 Å². The number of oxazole rings is 1. The Balaban J connectivity index is 1.57. The minimum Gasteiger partial charge on any atom is -0.444 e. The zero-order chi connectivity index (χ0) is 28.9. The van der Waals surface area contributed by atoms with Gasteiger partial charge in [-0.15, -0.1) is 0 Å². The molecule has 3 atom stereocenters. The minimum absolute atomic E-state index is 0.0262. The first kappa shape index (κ1) is 29.5. The molecule has 3 aromatic rings. The molecule has 1 aromatic heterocycles. The van der Waals surface area contributed by atoms with E-state index in [4.69, 9.17) is 9.15 Å².